The fourth-order valence-corrected chi connectivity index (χ4v) is 3.06. The molecule has 0 saturated carbocycles. The van der Waals surface area contributed by atoms with E-state index >= 15 is 0 Å². The highest BCUT2D eigenvalue weighted by Gasteiger charge is 2.20. The molecule has 1 rings (SSSR count). The number of benzene rings is 1. The van der Waals surface area contributed by atoms with Crippen molar-refractivity contribution in [1.29, 1.82) is 0 Å². The second-order valence-electron chi connectivity index (χ2n) is 5.17. The Hall–Kier alpha value is -1.27. The van der Waals surface area contributed by atoms with Crippen molar-refractivity contribution in [3.05, 3.63) is 23.3 Å². The lowest BCUT2D eigenvalue weighted by Crippen LogP contribution is -2.40. The van der Waals surface area contributed by atoms with Gasteiger partial charge in [-0.2, -0.15) is 0 Å². The summed E-state index contributed by atoms with van der Waals surface area (Å²) in [6, 6.07) is 2.92. The number of carbonyl (C=O) groups excluding carboxylic acids is 1. The van der Waals surface area contributed by atoms with Gasteiger partial charge in [-0.25, -0.2) is 8.42 Å². The molecule has 0 heterocycles. The van der Waals surface area contributed by atoms with Crippen LogP contribution in [0.25, 0.3) is 0 Å². The van der Waals surface area contributed by atoms with E-state index in [0.29, 0.717) is 16.9 Å². The Labute approximate surface area is 130 Å². The first-order valence-electron chi connectivity index (χ1n) is 6.56. The zero-order valence-electron chi connectivity index (χ0n) is 12.7. The molecular weight excluding hydrogens is 314 g/mol. The normalized spacial score (nSPS) is 13.1. The topological polar surface area (TPSA) is 72.5 Å². The molecule has 0 spiro atoms. The second kappa shape index (κ2) is 6.66. The van der Waals surface area contributed by atoms with Gasteiger partial charge in [0.15, 0.2) is 6.10 Å². The SMILES string of the molecule is Cc1c(OC(C)C(=O)NC(C)C)ccc(S(=O)(=O)Cl)c1C. The van der Waals surface area contributed by atoms with E-state index in [1.165, 1.54) is 12.1 Å². The van der Waals surface area contributed by atoms with Gasteiger partial charge >= 0.3 is 0 Å². The third kappa shape index (κ3) is 4.61. The van der Waals surface area contributed by atoms with E-state index in [1.54, 1.807) is 20.8 Å². The number of nitrogens with one attached hydrogen (secondary N) is 1. The highest BCUT2D eigenvalue weighted by atomic mass is 35.7. The highest BCUT2D eigenvalue weighted by molar-refractivity contribution is 8.13. The predicted octanol–water partition coefficient (Wildman–Crippen LogP) is 2.52. The molecule has 0 aromatic heterocycles. The Morgan fingerprint density at radius 2 is 1.76 bits per heavy atom. The molecule has 1 atom stereocenters. The molecule has 0 radical (unpaired) electrons. The smallest absolute Gasteiger partial charge is 0.261 e. The summed E-state index contributed by atoms with van der Waals surface area (Å²) in [6.45, 7) is 8.73. The number of hydrogen-bond acceptors (Lipinski definition) is 4. The lowest BCUT2D eigenvalue weighted by molar-refractivity contribution is -0.127. The summed E-state index contributed by atoms with van der Waals surface area (Å²) >= 11 is 0. The average molecular weight is 334 g/mol. The molecule has 0 fully saturated rings. The summed E-state index contributed by atoms with van der Waals surface area (Å²) in [6.07, 6.45) is -0.677. The van der Waals surface area contributed by atoms with Gasteiger partial charge < -0.3 is 10.1 Å². The van der Waals surface area contributed by atoms with Crippen LogP contribution in [-0.2, 0) is 13.8 Å². The van der Waals surface area contributed by atoms with Crippen molar-refractivity contribution in [3.63, 3.8) is 0 Å². The standard InChI is InChI=1S/C14H20ClNO4S/c1-8(2)16-14(17)11(5)20-12-6-7-13(21(15,18)19)10(4)9(12)3/h6-8,11H,1-5H3,(H,16,17). The minimum atomic E-state index is -3.80. The molecule has 1 unspecified atom stereocenters. The number of hydrogen-bond donors (Lipinski definition) is 1. The fourth-order valence-electron chi connectivity index (χ4n) is 1.81. The van der Waals surface area contributed by atoms with Gasteiger partial charge in [-0.3, -0.25) is 4.79 Å². The Balaban J connectivity index is 3.02. The van der Waals surface area contributed by atoms with Gasteiger partial charge in [0, 0.05) is 16.7 Å². The zero-order valence-corrected chi connectivity index (χ0v) is 14.3. The molecule has 1 aromatic carbocycles. The van der Waals surface area contributed by atoms with E-state index in [-0.39, 0.29) is 16.8 Å². The number of carbonyl (C=O) groups is 1. The summed E-state index contributed by atoms with van der Waals surface area (Å²) in [7, 11) is 1.57. The molecule has 1 N–H and O–H groups in total. The largest absolute Gasteiger partial charge is 0.481 e. The second-order valence-corrected chi connectivity index (χ2v) is 7.71. The Bertz CT molecular complexity index is 641. The summed E-state index contributed by atoms with van der Waals surface area (Å²) < 4.78 is 28.5. The average Bonchev–Trinajstić information content (AvgIpc) is 2.32. The first kappa shape index (κ1) is 17.8. The van der Waals surface area contributed by atoms with Crippen molar-refractivity contribution >= 4 is 25.6 Å². The number of rotatable bonds is 5. The molecule has 0 aliphatic heterocycles. The van der Waals surface area contributed by atoms with Gasteiger partial charge in [0.2, 0.25) is 0 Å². The van der Waals surface area contributed by atoms with E-state index in [0.717, 1.165) is 0 Å². The van der Waals surface area contributed by atoms with Crippen molar-refractivity contribution < 1.29 is 17.9 Å². The van der Waals surface area contributed by atoms with Crippen LogP contribution in [0.3, 0.4) is 0 Å². The molecule has 1 aromatic rings. The van der Waals surface area contributed by atoms with Crippen LogP contribution in [0.1, 0.15) is 31.9 Å². The molecule has 0 bridgehead atoms. The summed E-state index contributed by atoms with van der Waals surface area (Å²) in [5.41, 5.74) is 1.15. The lowest BCUT2D eigenvalue weighted by Gasteiger charge is -2.19. The van der Waals surface area contributed by atoms with Gasteiger partial charge in [-0.1, -0.05) is 0 Å². The molecule has 0 aliphatic carbocycles. The summed E-state index contributed by atoms with van der Waals surface area (Å²) in [5, 5.41) is 2.75. The molecule has 1 amide bonds. The van der Waals surface area contributed by atoms with E-state index in [4.69, 9.17) is 15.4 Å². The van der Waals surface area contributed by atoms with Crippen LogP contribution in [0.4, 0.5) is 0 Å². The summed E-state index contributed by atoms with van der Waals surface area (Å²) in [5.74, 6) is 0.235. The monoisotopic (exact) mass is 333 g/mol. The number of ether oxygens (including phenoxy) is 1. The maximum Gasteiger partial charge on any atom is 0.261 e. The predicted molar refractivity (Wildman–Crippen MR) is 82.3 cm³/mol. The molecule has 0 aliphatic rings. The van der Waals surface area contributed by atoms with Gasteiger partial charge in [0.05, 0.1) is 4.90 Å². The van der Waals surface area contributed by atoms with Crippen LogP contribution >= 0.6 is 10.7 Å². The van der Waals surface area contributed by atoms with Crippen molar-refractivity contribution in [2.24, 2.45) is 0 Å². The van der Waals surface area contributed by atoms with Crippen molar-refractivity contribution in [1.82, 2.24) is 5.32 Å². The van der Waals surface area contributed by atoms with E-state index < -0.39 is 15.2 Å². The first-order valence-corrected chi connectivity index (χ1v) is 8.87. The fraction of sp³-hybridized carbons (Fsp3) is 0.500. The first-order chi connectivity index (χ1) is 9.54. The molecule has 7 heteroatoms. The Morgan fingerprint density at radius 1 is 1.19 bits per heavy atom. The van der Waals surface area contributed by atoms with Crippen molar-refractivity contribution in [2.45, 2.75) is 51.7 Å². The van der Waals surface area contributed by atoms with E-state index in [2.05, 4.69) is 5.32 Å². The van der Waals surface area contributed by atoms with Crippen LogP contribution in [0, 0.1) is 13.8 Å². The van der Waals surface area contributed by atoms with E-state index in [9.17, 15) is 13.2 Å². The Morgan fingerprint density at radius 3 is 2.24 bits per heavy atom. The number of amides is 1. The van der Waals surface area contributed by atoms with Crippen LogP contribution in [0.2, 0.25) is 0 Å². The van der Waals surface area contributed by atoms with Crippen LogP contribution in [0.15, 0.2) is 17.0 Å². The minimum absolute atomic E-state index is 0.0233. The van der Waals surface area contributed by atoms with Crippen LogP contribution in [0.5, 0.6) is 5.75 Å². The van der Waals surface area contributed by atoms with Gasteiger partial charge in [0.1, 0.15) is 5.75 Å². The van der Waals surface area contributed by atoms with Crippen molar-refractivity contribution in [2.75, 3.05) is 0 Å². The maximum absolute atomic E-state index is 11.8. The van der Waals surface area contributed by atoms with Crippen LogP contribution < -0.4 is 10.1 Å². The highest BCUT2D eigenvalue weighted by Crippen LogP contribution is 2.29. The molecular formula is C14H20ClNO4S. The molecule has 0 saturated heterocycles. The minimum Gasteiger partial charge on any atom is -0.481 e. The molecule has 118 valence electrons. The van der Waals surface area contributed by atoms with Gasteiger partial charge in [-0.15, -0.1) is 0 Å². The van der Waals surface area contributed by atoms with Gasteiger partial charge in [-0.05, 0) is 57.9 Å². The van der Waals surface area contributed by atoms with Crippen molar-refractivity contribution in [3.8, 4) is 5.75 Å². The van der Waals surface area contributed by atoms with Gasteiger partial charge in [0.25, 0.3) is 15.0 Å². The number of halogens is 1. The summed E-state index contributed by atoms with van der Waals surface area (Å²) in [4.78, 5) is 11.9. The molecule has 21 heavy (non-hydrogen) atoms. The zero-order chi connectivity index (χ0) is 16.4. The molecule has 5 nitrogen and oxygen atoms in total. The van der Waals surface area contributed by atoms with Crippen LogP contribution in [-0.4, -0.2) is 26.5 Å². The lowest BCUT2D eigenvalue weighted by atomic mass is 10.1. The van der Waals surface area contributed by atoms with E-state index in [1.807, 2.05) is 13.8 Å². The maximum atomic E-state index is 11.8. The quantitative estimate of drug-likeness (QED) is 0.840. The third-order valence-corrected chi connectivity index (χ3v) is 4.52. The Kier molecular flexibility index (Phi) is 5.64. The third-order valence-electron chi connectivity index (χ3n) is 3.05.